The Morgan fingerprint density at radius 2 is 1.76 bits per heavy atom. The Balaban J connectivity index is 1.33. The lowest BCUT2D eigenvalue weighted by Gasteiger charge is -2.32. The number of carbonyl (C=O) groups is 1. The van der Waals surface area contributed by atoms with Crippen LogP contribution in [0.5, 0.6) is 5.75 Å². The van der Waals surface area contributed by atoms with Gasteiger partial charge in [0.15, 0.2) is 5.82 Å². The minimum Gasteiger partial charge on any atom is -0.494 e. The van der Waals surface area contributed by atoms with Gasteiger partial charge in [0.25, 0.3) is 5.56 Å². The number of ether oxygens (including phenoxy) is 1. The summed E-state index contributed by atoms with van der Waals surface area (Å²) in [5.74, 6) is 1.04. The second-order valence-corrected chi connectivity index (χ2v) is 9.38. The fourth-order valence-electron chi connectivity index (χ4n) is 4.90. The minimum atomic E-state index is -0.202. The molecule has 7 heteroatoms. The maximum atomic E-state index is 13.7. The van der Waals surface area contributed by atoms with E-state index in [0.29, 0.717) is 38.6 Å². The number of rotatable bonds is 8. The molecule has 1 atom stereocenters. The molecule has 2 heterocycles. The number of carbonyl (C=O) groups excluding carboxylic acids is 1. The van der Waals surface area contributed by atoms with Gasteiger partial charge in [-0.1, -0.05) is 54.6 Å². The van der Waals surface area contributed by atoms with E-state index in [1.807, 2.05) is 90.7 Å². The Morgan fingerprint density at radius 3 is 2.54 bits per heavy atom. The van der Waals surface area contributed by atoms with Crippen molar-refractivity contribution in [2.45, 2.75) is 32.9 Å². The zero-order chi connectivity index (χ0) is 25.6. The second-order valence-electron chi connectivity index (χ2n) is 9.38. The van der Waals surface area contributed by atoms with Crippen molar-refractivity contribution in [1.82, 2.24) is 14.9 Å². The van der Waals surface area contributed by atoms with E-state index in [1.54, 1.807) is 4.57 Å². The molecule has 0 spiro atoms. The number of para-hydroxylation sites is 2. The van der Waals surface area contributed by atoms with Crippen molar-refractivity contribution in [3.05, 3.63) is 100 Å². The van der Waals surface area contributed by atoms with Crippen LogP contribution in [0.1, 0.15) is 30.9 Å². The lowest BCUT2D eigenvalue weighted by molar-refractivity contribution is -0.125. The van der Waals surface area contributed by atoms with Crippen molar-refractivity contribution in [2.24, 2.45) is 5.92 Å². The van der Waals surface area contributed by atoms with Crippen LogP contribution in [0, 0.1) is 5.92 Å². The molecule has 37 heavy (non-hydrogen) atoms. The van der Waals surface area contributed by atoms with Gasteiger partial charge in [-0.3, -0.25) is 14.2 Å². The molecule has 1 N–H and O–H groups in total. The largest absolute Gasteiger partial charge is 0.494 e. The SMILES string of the molecule is CCOc1ccc(CNC(=O)C2CCCN(c3nc4ccccc4n(Cc4ccccc4)c3=O)C2)cc1. The van der Waals surface area contributed by atoms with E-state index in [1.165, 1.54) is 0 Å². The highest BCUT2D eigenvalue weighted by Gasteiger charge is 2.28. The van der Waals surface area contributed by atoms with Crippen molar-refractivity contribution >= 4 is 22.8 Å². The lowest BCUT2D eigenvalue weighted by atomic mass is 9.97. The number of benzene rings is 3. The molecule has 190 valence electrons. The van der Waals surface area contributed by atoms with Crippen molar-refractivity contribution in [1.29, 1.82) is 0 Å². The first-order valence-corrected chi connectivity index (χ1v) is 12.9. The summed E-state index contributed by atoms with van der Waals surface area (Å²) in [5.41, 5.74) is 3.52. The van der Waals surface area contributed by atoms with Gasteiger partial charge in [-0.05, 0) is 55.2 Å². The van der Waals surface area contributed by atoms with Gasteiger partial charge < -0.3 is 15.0 Å². The number of amides is 1. The number of aromatic nitrogens is 2. The molecule has 0 bridgehead atoms. The number of fused-ring (bicyclic) bond motifs is 1. The first-order chi connectivity index (χ1) is 18.1. The summed E-state index contributed by atoms with van der Waals surface area (Å²) < 4.78 is 7.28. The van der Waals surface area contributed by atoms with E-state index in [-0.39, 0.29) is 17.4 Å². The molecule has 3 aromatic carbocycles. The number of hydrogen-bond donors (Lipinski definition) is 1. The van der Waals surface area contributed by atoms with Gasteiger partial charge in [-0.15, -0.1) is 0 Å². The molecule has 0 radical (unpaired) electrons. The maximum absolute atomic E-state index is 13.7. The Bertz CT molecular complexity index is 1420. The molecule has 1 aromatic heterocycles. The topological polar surface area (TPSA) is 76.5 Å². The number of hydrogen-bond acceptors (Lipinski definition) is 5. The van der Waals surface area contributed by atoms with Crippen LogP contribution in [0.3, 0.4) is 0 Å². The summed E-state index contributed by atoms with van der Waals surface area (Å²) in [6, 6.07) is 25.5. The van der Waals surface area contributed by atoms with E-state index >= 15 is 0 Å². The average molecular weight is 497 g/mol. The van der Waals surface area contributed by atoms with Gasteiger partial charge in [0, 0.05) is 19.6 Å². The molecule has 5 rings (SSSR count). The van der Waals surface area contributed by atoms with Crippen LogP contribution in [-0.2, 0) is 17.9 Å². The van der Waals surface area contributed by atoms with E-state index < -0.39 is 0 Å². The molecule has 4 aromatic rings. The molecule has 7 nitrogen and oxygen atoms in total. The fourth-order valence-corrected chi connectivity index (χ4v) is 4.90. The zero-order valence-corrected chi connectivity index (χ0v) is 21.1. The Morgan fingerprint density at radius 1 is 1.00 bits per heavy atom. The lowest BCUT2D eigenvalue weighted by Crippen LogP contribution is -2.45. The summed E-state index contributed by atoms with van der Waals surface area (Å²) >= 11 is 0. The summed E-state index contributed by atoms with van der Waals surface area (Å²) in [6.07, 6.45) is 1.62. The molecule has 0 aliphatic carbocycles. The smallest absolute Gasteiger partial charge is 0.294 e. The summed E-state index contributed by atoms with van der Waals surface area (Å²) in [5, 5.41) is 3.07. The van der Waals surface area contributed by atoms with Gasteiger partial charge in [-0.2, -0.15) is 0 Å². The molecule has 1 aliphatic heterocycles. The number of anilines is 1. The molecule has 1 saturated heterocycles. The summed E-state index contributed by atoms with van der Waals surface area (Å²) in [4.78, 5) is 33.5. The Kier molecular flexibility index (Phi) is 7.49. The van der Waals surface area contributed by atoms with Crippen LogP contribution in [0.25, 0.3) is 11.0 Å². The second kappa shape index (κ2) is 11.3. The molecule has 1 aliphatic rings. The Hall–Kier alpha value is -4.13. The molecule has 1 unspecified atom stereocenters. The highest BCUT2D eigenvalue weighted by molar-refractivity contribution is 5.80. The van der Waals surface area contributed by atoms with Crippen LogP contribution in [0.4, 0.5) is 5.82 Å². The van der Waals surface area contributed by atoms with Crippen LogP contribution >= 0.6 is 0 Å². The van der Waals surface area contributed by atoms with E-state index in [4.69, 9.17) is 9.72 Å². The van der Waals surface area contributed by atoms with Crippen LogP contribution in [0.2, 0.25) is 0 Å². The van der Waals surface area contributed by atoms with Crippen molar-refractivity contribution in [3.8, 4) is 5.75 Å². The highest BCUT2D eigenvalue weighted by Crippen LogP contribution is 2.23. The first kappa shape index (κ1) is 24.6. The first-order valence-electron chi connectivity index (χ1n) is 12.9. The van der Waals surface area contributed by atoms with Gasteiger partial charge in [0.2, 0.25) is 5.91 Å². The highest BCUT2D eigenvalue weighted by atomic mass is 16.5. The third kappa shape index (κ3) is 5.66. The zero-order valence-electron chi connectivity index (χ0n) is 21.1. The monoisotopic (exact) mass is 496 g/mol. The van der Waals surface area contributed by atoms with Crippen LogP contribution < -0.4 is 20.5 Å². The van der Waals surface area contributed by atoms with Gasteiger partial charge in [0.1, 0.15) is 5.75 Å². The van der Waals surface area contributed by atoms with E-state index in [0.717, 1.165) is 40.8 Å². The molecular formula is C30H32N4O3. The summed E-state index contributed by atoms with van der Waals surface area (Å²) in [6.45, 7) is 4.68. The van der Waals surface area contributed by atoms with Crippen LogP contribution in [0.15, 0.2) is 83.7 Å². The molecule has 0 saturated carbocycles. The normalized spacial score (nSPS) is 15.5. The van der Waals surface area contributed by atoms with Gasteiger partial charge in [-0.25, -0.2) is 4.98 Å². The Labute approximate surface area is 216 Å². The minimum absolute atomic E-state index is 0.00369. The predicted octanol–water partition coefficient (Wildman–Crippen LogP) is 4.38. The number of nitrogens with one attached hydrogen (secondary N) is 1. The third-order valence-corrected chi connectivity index (χ3v) is 6.81. The van der Waals surface area contributed by atoms with E-state index in [2.05, 4.69) is 5.32 Å². The van der Waals surface area contributed by atoms with Crippen molar-refractivity contribution < 1.29 is 9.53 Å². The van der Waals surface area contributed by atoms with Gasteiger partial charge in [0.05, 0.1) is 30.1 Å². The average Bonchev–Trinajstić information content (AvgIpc) is 2.94. The standard InChI is InChI=1S/C30H32N4O3/c1-2-37-25-16-14-22(15-17-25)19-31-29(35)24-11-8-18-33(21-24)28-30(36)34(20-23-9-4-3-5-10-23)27-13-7-6-12-26(27)32-28/h3-7,9-10,12-17,24H,2,8,11,18-21H2,1H3,(H,31,35). The summed E-state index contributed by atoms with van der Waals surface area (Å²) in [7, 11) is 0. The van der Waals surface area contributed by atoms with Crippen molar-refractivity contribution in [3.63, 3.8) is 0 Å². The van der Waals surface area contributed by atoms with Crippen molar-refractivity contribution in [2.75, 3.05) is 24.6 Å². The van der Waals surface area contributed by atoms with Gasteiger partial charge >= 0.3 is 0 Å². The number of piperidine rings is 1. The molecule has 1 amide bonds. The maximum Gasteiger partial charge on any atom is 0.294 e. The molecular weight excluding hydrogens is 464 g/mol. The number of nitrogens with zero attached hydrogens (tertiary/aromatic N) is 3. The van der Waals surface area contributed by atoms with Crippen LogP contribution in [-0.4, -0.2) is 35.2 Å². The third-order valence-electron chi connectivity index (χ3n) is 6.81. The predicted molar refractivity (Wildman–Crippen MR) is 146 cm³/mol. The van der Waals surface area contributed by atoms with E-state index in [9.17, 15) is 9.59 Å². The fraction of sp³-hybridized carbons (Fsp3) is 0.300. The molecule has 1 fully saturated rings. The quantitative estimate of drug-likeness (QED) is 0.392.